The molecular weight excluding hydrogens is 229 g/mol. The Labute approximate surface area is 107 Å². The second-order valence-corrected chi connectivity index (χ2v) is 4.94. The smallest absolute Gasteiger partial charge is 0.254 e. The first kappa shape index (κ1) is 12.8. The lowest BCUT2D eigenvalue weighted by Gasteiger charge is -2.28. The van der Waals surface area contributed by atoms with Crippen LogP contribution in [0.25, 0.3) is 0 Å². The minimum atomic E-state index is -0.313. The molecule has 0 saturated carbocycles. The van der Waals surface area contributed by atoms with Gasteiger partial charge in [0, 0.05) is 18.7 Å². The van der Waals surface area contributed by atoms with Crippen LogP contribution in [0.4, 0.5) is 4.39 Å². The molecule has 3 heteroatoms. The topological polar surface area (TPSA) is 20.3 Å². The number of hydrogen-bond acceptors (Lipinski definition) is 1. The highest BCUT2D eigenvalue weighted by Gasteiger charge is 2.19. The first-order chi connectivity index (χ1) is 8.58. The molecule has 2 rings (SSSR count). The number of amides is 1. The second-order valence-electron chi connectivity index (χ2n) is 4.94. The summed E-state index contributed by atoms with van der Waals surface area (Å²) in [6.45, 7) is 5.75. The lowest BCUT2D eigenvalue weighted by Crippen LogP contribution is -2.35. The van der Waals surface area contributed by atoms with Crippen LogP contribution in [-0.2, 0) is 0 Å². The molecule has 1 aromatic rings. The van der Waals surface area contributed by atoms with E-state index >= 15 is 0 Å². The summed E-state index contributed by atoms with van der Waals surface area (Å²) in [5.74, 6) is 0.217. The first-order valence-electron chi connectivity index (χ1n) is 6.31. The predicted octanol–water partition coefficient (Wildman–Crippen LogP) is 3.25. The highest BCUT2D eigenvalue weighted by molar-refractivity contribution is 5.94. The Balaban J connectivity index is 2.06. The molecule has 0 unspecified atom stereocenters. The third-order valence-electron chi connectivity index (χ3n) is 3.36. The Hall–Kier alpha value is -1.64. The van der Waals surface area contributed by atoms with E-state index in [1.165, 1.54) is 17.7 Å². The summed E-state index contributed by atoms with van der Waals surface area (Å²) in [5.41, 5.74) is 1.97. The molecule has 0 aromatic heterocycles. The van der Waals surface area contributed by atoms with Gasteiger partial charge in [0.2, 0.25) is 0 Å². The SMILES string of the molecule is CC(C)C1=CCN(C(=O)c2ccc(F)cc2)CC1. The van der Waals surface area contributed by atoms with E-state index in [9.17, 15) is 9.18 Å². The van der Waals surface area contributed by atoms with Crippen molar-refractivity contribution >= 4 is 5.91 Å². The Morgan fingerprint density at radius 1 is 1.28 bits per heavy atom. The maximum atomic E-state index is 12.8. The highest BCUT2D eigenvalue weighted by Crippen LogP contribution is 2.20. The summed E-state index contributed by atoms with van der Waals surface area (Å²) in [5, 5.41) is 0. The number of rotatable bonds is 2. The fourth-order valence-electron chi connectivity index (χ4n) is 2.17. The van der Waals surface area contributed by atoms with Gasteiger partial charge >= 0.3 is 0 Å². The van der Waals surface area contributed by atoms with Crippen LogP contribution in [0.5, 0.6) is 0 Å². The van der Waals surface area contributed by atoms with Gasteiger partial charge in [0.25, 0.3) is 5.91 Å². The van der Waals surface area contributed by atoms with Crippen molar-refractivity contribution in [2.75, 3.05) is 13.1 Å². The van der Waals surface area contributed by atoms with E-state index in [0.29, 0.717) is 18.0 Å². The molecule has 0 saturated heterocycles. The molecular formula is C15H18FNO. The number of nitrogens with zero attached hydrogens (tertiary/aromatic N) is 1. The highest BCUT2D eigenvalue weighted by atomic mass is 19.1. The fourth-order valence-corrected chi connectivity index (χ4v) is 2.17. The molecule has 0 spiro atoms. The minimum Gasteiger partial charge on any atom is -0.335 e. The summed E-state index contributed by atoms with van der Waals surface area (Å²) in [6.07, 6.45) is 3.07. The molecule has 1 amide bonds. The third kappa shape index (κ3) is 2.78. The first-order valence-corrected chi connectivity index (χ1v) is 6.31. The fraction of sp³-hybridized carbons (Fsp3) is 0.400. The van der Waals surface area contributed by atoms with Crippen molar-refractivity contribution in [3.8, 4) is 0 Å². The van der Waals surface area contributed by atoms with Crippen molar-refractivity contribution < 1.29 is 9.18 Å². The molecule has 0 atom stereocenters. The molecule has 1 heterocycles. The number of carbonyl (C=O) groups excluding carboxylic acids is 1. The summed E-state index contributed by atoms with van der Waals surface area (Å²) in [4.78, 5) is 14.0. The normalized spacial score (nSPS) is 15.8. The maximum absolute atomic E-state index is 12.8. The quantitative estimate of drug-likeness (QED) is 0.735. The van der Waals surface area contributed by atoms with E-state index in [4.69, 9.17) is 0 Å². The summed E-state index contributed by atoms with van der Waals surface area (Å²) < 4.78 is 12.8. The van der Waals surface area contributed by atoms with Gasteiger partial charge in [-0.3, -0.25) is 4.79 Å². The van der Waals surface area contributed by atoms with Crippen molar-refractivity contribution in [2.24, 2.45) is 5.92 Å². The number of benzene rings is 1. The van der Waals surface area contributed by atoms with Crippen LogP contribution in [0.2, 0.25) is 0 Å². The van der Waals surface area contributed by atoms with Gasteiger partial charge in [-0.25, -0.2) is 4.39 Å². The Morgan fingerprint density at radius 3 is 2.44 bits per heavy atom. The maximum Gasteiger partial charge on any atom is 0.254 e. The van der Waals surface area contributed by atoms with Crippen LogP contribution < -0.4 is 0 Å². The van der Waals surface area contributed by atoms with Crippen LogP contribution in [0, 0.1) is 11.7 Å². The Kier molecular flexibility index (Phi) is 3.80. The van der Waals surface area contributed by atoms with Gasteiger partial charge in [-0.2, -0.15) is 0 Å². The van der Waals surface area contributed by atoms with Gasteiger partial charge < -0.3 is 4.90 Å². The summed E-state index contributed by atoms with van der Waals surface area (Å²) in [7, 11) is 0. The van der Waals surface area contributed by atoms with E-state index in [1.807, 2.05) is 0 Å². The van der Waals surface area contributed by atoms with Crippen LogP contribution in [0.1, 0.15) is 30.6 Å². The van der Waals surface area contributed by atoms with E-state index in [1.54, 1.807) is 17.0 Å². The molecule has 96 valence electrons. The molecule has 0 radical (unpaired) electrons. The van der Waals surface area contributed by atoms with E-state index in [-0.39, 0.29) is 11.7 Å². The zero-order valence-corrected chi connectivity index (χ0v) is 10.8. The van der Waals surface area contributed by atoms with E-state index in [0.717, 1.165) is 13.0 Å². The van der Waals surface area contributed by atoms with Crippen molar-refractivity contribution in [3.05, 3.63) is 47.3 Å². The van der Waals surface area contributed by atoms with Gasteiger partial charge in [-0.15, -0.1) is 0 Å². The van der Waals surface area contributed by atoms with Crippen LogP contribution in [0.15, 0.2) is 35.9 Å². The number of halogens is 1. The lowest BCUT2D eigenvalue weighted by molar-refractivity contribution is 0.0767. The van der Waals surface area contributed by atoms with Gasteiger partial charge in [0.1, 0.15) is 5.82 Å². The number of hydrogen-bond donors (Lipinski definition) is 0. The second kappa shape index (κ2) is 5.34. The summed E-state index contributed by atoms with van der Waals surface area (Å²) in [6, 6.07) is 5.73. The minimum absolute atomic E-state index is 0.0194. The predicted molar refractivity (Wildman–Crippen MR) is 69.8 cm³/mol. The van der Waals surface area contributed by atoms with Gasteiger partial charge in [-0.1, -0.05) is 25.5 Å². The van der Waals surface area contributed by atoms with Gasteiger partial charge in [-0.05, 0) is 36.6 Å². The molecule has 0 fully saturated rings. The molecule has 2 nitrogen and oxygen atoms in total. The van der Waals surface area contributed by atoms with E-state index < -0.39 is 0 Å². The Bertz CT molecular complexity index is 462. The zero-order chi connectivity index (χ0) is 13.1. The average Bonchev–Trinajstić information content (AvgIpc) is 2.39. The van der Waals surface area contributed by atoms with Crippen molar-refractivity contribution in [3.63, 3.8) is 0 Å². The van der Waals surface area contributed by atoms with Gasteiger partial charge in [0.05, 0.1) is 0 Å². The Morgan fingerprint density at radius 2 is 1.94 bits per heavy atom. The van der Waals surface area contributed by atoms with Gasteiger partial charge in [0.15, 0.2) is 0 Å². The van der Waals surface area contributed by atoms with Crippen LogP contribution in [0.3, 0.4) is 0 Å². The van der Waals surface area contributed by atoms with Crippen molar-refractivity contribution in [1.29, 1.82) is 0 Å². The lowest BCUT2D eigenvalue weighted by atomic mass is 9.96. The third-order valence-corrected chi connectivity index (χ3v) is 3.36. The van der Waals surface area contributed by atoms with E-state index in [2.05, 4.69) is 19.9 Å². The van der Waals surface area contributed by atoms with Crippen LogP contribution in [-0.4, -0.2) is 23.9 Å². The standard InChI is InChI=1S/C15H18FNO/c1-11(2)12-7-9-17(10-8-12)15(18)13-3-5-14(16)6-4-13/h3-7,11H,8-10H2,1-2H3. The van der Waals surface area contributed by atoms with Crippen molar-refractivity contribution in [1.82, 2.24) is 4.90 Å². The average molecular weight is 247 g/mol. The molecule has 0 N–H and O–H groups in total. The monoisotopic (exact) mass is 247 g/mol. The summed E-state index contributed by atoms with van der Waals surface area (Å²) >= 11 is 0. The van der Waals surface area contributed by atoms with Crippen molar-refractivity contribution in [2.45, 2.75) is 20.3 Å². The number of carbonyl (C=O) groups is 1. The molecule has 1 aliphatic heterocycles. The molecule has 0 bridgehead atoms. The van der Waals surface area contributed by atoms with Crippen LogP contribution >= 0.6 is 0 Å². The zero-order valence-electron chi connectivity index (χ0n) is 10.8. The molecule has 1 aliphatic rings. The molecule has 18 heavy (non-hydrogen) atoms. The largest absolute Gasteiger partial charge is 0.335 e. The molecule has 0 aliphatic carbocycles. The molecule has 1 aromatic carbocycles.